The third-order valence-corrected chi connectivity index (χ3v) is 2.43. The van der Waals surface area contributed by atoms with E-state index in [1.54, 1.807) is 0 Å². The molecule has 1 saturated carbocycles. The van der Waals surface area contributed by atoms with Gasteiger partial charge in [-0.05, 0) is 19.8 Å². The van der Waals surface area contributed by atoms with Gasteiger partial charge in [-0.3, -0.25) is 4.79 Å². The van der Waals surface area contributed by atoms with E-state index in [1.807, 2.05) is 6.92 Å². The van der Waals surface area contributed by atoms with Gasteiger partial charge in [-0.2, -0.15) is 0 Å². The van der Waals surface area contributed by atoms with Crippen LogP contribution in [-0.2, 0) is 9.53 Å². The van der Waals surface area contributed by atoms with Gasteiger partial charge < -0.3 is 15.4 Å². The smallest absolute Gasteiger partial charge is 0.216 e. The minimum atomic E-state index is 0.0348. The minimum absolute atomic E-state index is 0.0348. The molecule has 1 fully saturated rings. The number of carbonyl (C=O) groups excluding carboxylic acids is 1. The highest BCUT2D eigenvalue weighted by molar-refractivity contribution is 5.72. The lowest BCUT2D eigenvalue weighted by Crippen LogP contribution is -2.47. The molecule has 82 valence electrons. The predicted molar refractivity (Wildman–Crippen MR) is 55.1 cm³/mol. The lowest BCUT2D eigenvalue weighted by Gasteiger charge is -2.35. The number of hydrogen-bond acceptors (Lipinski definition) is 3. The van der Waals surface area contributed by atoms with Crippen molar-refractivity contribution in [3.63, 3.8) is 0 Å². The highest BCUT2D eigenvalue weighted by Gasteiger charge is 2.28. The first-order valence-corrected chi connectivity index (χ1v) is 5.31. The molecule has 0 aromatic rings. The van der Waals surface area contributed by atoms with Gasteiger partial charge in [-0.25, -0.2) is 0 Å². The lowest BCUT2D eigenvalue weighted by molar-refractivity contribution is -0.118. The average Bonchev–Trinajstić information content (AvgIpc) is 2.06. The van der Waals surface area contributed by atoms with E-state index in [0.29, 0.717) is 18.7 Å². The quantitative estimate of drug-likeness (QED) is 0.605. The van der Waals surface area contributed by atoms with Crippen molar-refractivity contribution in [3.05, 3.63) is 0 Å². The fourth-order valence-corrected chi connectivity index (χ4v) is 1.62. The number of nitrogens with one attached hydrogen (secondary N) is 2. The maximum Gasteiger partial charge on any atom is 0.216 e. The second-order valence-corrected chi connectivity index (χ2v) is 3.68. The van der Waals surface area contributed by atoms with Crippen molar-refractivity contribution in [2.45, 2.75) is 38.8 Å². The molecule has 0 aliphatic heterocycles. The summed E-state index contributed by atoms with van der Waals surface area (Å²) < 4.78 is 5.44. The third kappa shape index (κ3) is 4.07. The first-order valence-electron chi connectivity index (χ1n) is 5.31. The highest BCUT2D eigenvalue weighted by Crippen LogP contribution is 2.22. The Labute approximate surface area is 85.4 Å². The molecule has 2 N–H and O–H groups in total. The van der Waals surface area contributed by atoms with Crippen molar-refractivity contribution in [2.24, 2.45) is 0 Å². The Balaban J connectivity index is 1.88. The predicted octanol–water partition coefficient (Wildman–Crippen LogP) is 0.280. The molecule has 4 nitrogen and oxygen atoms in total. The van der Waals surface area contributed by atoms with Crippen molar-refractivity contribution in [1.82, 2.24) is 10.6 Å². The standard InChI is InChI=1S/C10H20N2O2/c1-3-14-10-6-9(7-10)12-5-4-11-8(2)13/h9-10,12H,3-7H2,1-2H3,(H,11,13). The van der Waals surface area contributed by atoms with Crippen molar-refractivity contribution in [1.29, 1.82) is 0 Å². The van der Waals surface area contributed by atoms with Crippen molar-refractivity contribution in [2.75, 3.05) is 19.7 Å². The molecule has 0 saturated heterocycles. The summed E-state index contributed by atoms with van der Waals surface area (Å²) in [5.74, 6) is 0.0348. The fraction of sp³-hybridized carbons (Fsp3) is 0.900. The van der Waals surface area contributed by atoms with Crippen LogP contribution in [0.3, 0.4) is 0 Å². The molecule has 1 amide bonds. The summed E-state index contributed by atoms with van der Waals surface area (Å²) in [5, 5.41) is 6.12. The number of ether oxygens (including phenoxy) is 1. The molecule has 0 heterocycles. The summed E-state index contributed by atoms with van der Waals surface area (Å²) >= 11 is 0. The van der Waals surface area contributed by atoms with E-state index in [4.69, 9.17) is 4.74 Å². The molecular formula is C10H20N2O2. The summed E-state index contributed by atoms with van der Waals surface area (Å²) in [7, 11) is 0. The molecule has 1 aliphatic rings. The molecule has 1 rings (SSSR count). The maximum atomic E-state index is 10.6. The van der Waals surface area contributed by atoms with Crippen molar-refractivity contribution >= 4 is 5.91 Å². The Kier molecular flexibility index (Phi) is 4.90. The summed E-state index contributed by atoms with van der Waals surface area (Å²) in [6.07, 6.45) is 2.67. The molecule has 14 heavy (non-hydrogen) atoms. The average molecular weight is 200 g/mol. The summed E-state index contributed by atoms with van der Waals surface area (Å²) in [6, 6.07) is 0.584. The van der Waals surface area contributed by atoms with Crippen LogP contribution in [-0.4, -0.2) is 37.7 Å². The van der Waals surface area contributed by atoms with Crippen LogP contribution in [0.1, 0.15) is 26.7 Å². The molecule has 0 aromatic carbocycles. The topological polar surface area (TPSA) is 50.4 Å². The Morgan fingerprint density at radius 2 is 2.14 bits per heavy atom. The van der Waals surface area contributed by atoms with Crippen LogP contribution in [0.15, 0.2) is 0 Å². The number of hydrogen-bond donors (Lipinski definition) is 2. The van der Waals surface area contributed by atoms with E-state index in [0.717, 1.165) is 26.0 Å². The van der Waals surface area contributed by atoms with Gasteiger partial charge in [0.05, 0.1) is 6.10 Å². The van der Waals surface area contributed by atoms with E-state index in [9.17, 15) is 4.79 Å². The Bertz CT molecular complexity index is 179. The van der Waals surface area contributed by atoms with Crippen LogP contribution < -0.4 is 10.6 Å². The van der Waals surface area contributed by atoms with Gasteiger partial charge in [0.25, 0.3) is 0 Å². The summed E-state index contributed by atoms with van der Waals surface area (Å²) in [4.78, 5) is 10.6. The maximum absolute atomic E-state index is 10.6. The molecular weight excluding hydrogens is 180 g/mol. The number of carbonyl (C=O) groups is 1. The van der Waals surface area contributed by atoms with Gasteiger partial charge in [0.1, 0.15) is 0 Å². The van der Waals surface area contributed by atoms with Crippen LogP contribution in [0.4, 0.5) is 0 Å². The highest BCUT2D eigenvalue weighted by atomic mass is 16.5. The second kappa shape index (κ2) is 5.98. The zero-order chi connectivity index (χ0) is 10.4. The first-order chi connectivity index (χ1) is 6.72. The molecule has 0 atom stereocenters. The van der Waals surface area contributed by atoms with Gasteiger partial charge in [0, 0.05) is 32.7 Å². The number of amides is 1. The van der Waals surface area contributed by atoms with E-state index < -0.39 is 0 Å². The molecule has 0 radical (unpaired) electrons. The van der Waals surface area contributed by atoms with Gasteiger partial charge in [0.2, 0.25) is 5.91 Å². The van der Waals surface area contributed by atoms with E-state index in [-0.39, 0.29) is 5.91 Å². The Hall–Kier alpha value is -0.610. The molecule has 0 unspecified atom stereocenters. The normalized spacial score (nSPS) is 25.6. The largest absolute Gasteiger partial charge is 0.378 e. The van der Waals surface area contributed by atoms with Crippen LogP contribution in [0.2, 0.25) is 0 Å². The van der Waals surface area contributed by atoms with Crippen molar-refractivity contribution < 1.29 is 9.53 Å². The minimum Gasteiger partial charge on any atom is -0.378 e. The zero-order valence-corrected chi connectivity index (χ0v) is 9.01. The van der Waals surface area contributed by atoms with Gasteiger partial charge in [-0.15, -0.1) is 0 Å². The molecule has 0 bridgehead atoms. The third-order valence-electron chi connectivity index (χ3n) is 2.43. The van der Waals surface area contributed by atoms with Crippen LogP contribution in [0.25, 0.3) is 0 Å². The van der Waals surface area contributed by atoms with E-state index in [1.165, 1.54) is 6.92 Å². The summed E-state index contributed by atoms with van der Waals surface area (Å²) in [6.45, 7) is 5.93. The van der Waals surface area contributed by atoms with E-state index >= 15 is 0 Å². The lowest BCUT2D eigenvalue weighted by atomic mass is 9.89. The van der Waals surface area contributed by atoms with Crippen molar-refractivity contribution in [3.8, 4) is 0 Å². The molecule has 0 spiro atoms. The van der Waals surface area contributed by atoms with Gasteiger partial charge >= 0.3 is 0 Å². The summed E-state index contributed by atoms with van der Waals surface area (Å²) in [5.41, 5.74) is 0. The number of rotatable bonds is 6. The first kappa shape index (κ1) is 11.5. The van der Waals surface area contributed by atoms with E-state index in [2.05, 4.69) is 10.6 Å². The van der Waals surface area contributed by atoms with Gasteiger partial charge in [-0.1, -0.05) is 0 Å². The fourth-order valence-electron chi connectivity index (χ4n) is 1.62. The Morgan fingerprint density at radius 3 is 2.71 bits per heavy atom. The van der Waals surface area contributed by atoms with Crippen LogP contribution >= 0.6 is 0 Å². The zero-order valence-electron chi connectivity index (χ0n) is 9.01. The van der Waals surface area contributed by atoms with Crippen LogP contribution in [0.5, 0.6) is 0 Å². The monoisotopic (exact) mass is 200 g/mol. The van der Waals surface area contributed by atoms with Gasteiger partial charge in [0.15, 0.2) is 0 Å². The SMILES string of the molecule is CCOC1CC(NCCNC(C)=O)C1. The molecule has 0 aromatic heterocycles. The molecule has 1 aliphatic carbocycles. The second-order valence-electron chi connectivity index (χ2n) is 3.68. The molecule has 4 heteroatoms. The Morgan fingerprint density at radius 1 is 1.43 bits per heavy atom. The van der Waals surface area contributed by atoms with Crippen LogP contribution in [0, 0.1) is 0 Å².